The monoisotopic (exact) mass is 545 g/mol. The fourth-order valence-electron chi connectivity index (χ4n) is 4.80. The summed E-state index contributed by atoms with van der Waals surface area (Å²) >= 11 is 0. The maximum atomic E-state index is 13.9. The van der Waals surface area contributed by atoms with Crippen molar-refractivity contribution in [3.8, 4) is 6.07 Å². The average molecular weight is 546 g/mol. The molecule has 3 aromatic carbocycles. The Kier molecular flexibility index (Phi) is 6.77. The number of carbonyl (C=O) groups excluding carboxylic acids is 1. The lowest BCUT2D eigenvalue weighted by Gasteiger charge is -2.35. The number of hydrogen-bond acceptors (Lipinski definition) is 6. The quantitative estimate of drug-likeness (QED) is 0.321. The summed E-state index contributed by atoms with van der Waals surface area (Å²) in [5, 5.41) is 13.8. The number of allylic oxidation sites excluding steroid dienone is 1. The van der Waals surface area contributed by atoms with Crippen LogP contribution in [0.15, 0.2) is 94.9 Å². The molecule has 0 spiro atoms. The molecule has 0 saturated carbocycles. The number of nitrogens with zero attached hydrogens (tertiary/aromatic N) is 5. The molecule has 0 amide bonds. The Balaban J connectivity index is 1.79. The highest BCUT2D eigenvalue weighted by atomic mass is 19.4. The van der Waals surface area contributed by atoms with Gasteiger partial charge in [0.2, 0.25) is 5.95 Å². The van der Waals surface area contributed by atoms with E-state index in [9.17, 15) is 28.0 Å². The first-order valence-corrected chi connectivity index (χ1v) is 12.1. The van der Waals surface area contributed by atoms with Crippen LogP contribution in [0.3, 0.4) is 0 Å². The molecule has 40 heavy (non-hydrogen) atoms. The summed E-state index contributed by atoms with van der Waals surface area (Å²) < 4.78 is 48.5. The maximum Gasteiger partial charge on any atom is 0.416 e. The molecule has 1 aliphatic rings. The van der Waals surface area contributed by atoms with Gasteiger partial charge in [-0.25, -0.2) is 18.8 Å². The third-order valence-corrected chi connectivity index (χ3v) is 6.68. The summed E-state index contributed by atoms with van der Waals surface area (Å²) in [4.78, 5) is 28.5. The van der Waals surface area contributed by atoms with E-state index in [-0.39, 0.29) is 29.5 Å². The molecule has 0 N–H and O–H groups in total. The van der Waals surface area contributed by atoms with Crippen molar-refractivity contribution in [2.24, 2.45) is 0 Å². The molecule has 202 valence electrons. The van der Waals surface area contributed by atoms with Crippen LogP contribution in [0.4, 0.5) is 24.8 Å². The number of fused-ring (bicyclic) bond motifs is 1. The molecule has 0 saturated heterocycles. The van der Waals surface area contributed by atoms with Gasteiger partial charge in [0.15, 0.2) is 0 Å². The highest BCUT2D eigenvalue weighted by Gasteiger charge is 2.41. The van der Waals surface area contributed by atoms with Crippen LogP contribution < -0.4 is 10.6 Å². The van der Waals surface area contributed by atoms with E-state index in [2.05, 4.69) is 5.10 Å². The van der Waals surface area contributed by atoms with Crippen molar-refractivity contribution >= 4 is 17.6 Å². The first-order chi connectivity index (χ1) is 19.1. The summed E-state index contributed by atoms with van der Waals surface area (Å²) in [6, 6.07) is 21.0. The van der Waals surface area contributed by atoms with E-state index in [1.54, 1.807) is 31.2 Å². The van der Waals surface area contributed by atoms with Gasteiger partial charge in [-0.05, 0) is 48.4 Å². The summed E-state index contributed by atoms with van der Waals surface area (Å²) in [6.45, 7) is 1.65. The molecular weight excluding hydrogens is 523 g/mol. The topological polar surface area (TPSA) is 93.2 Å². The zero-order valence-electron chi connectivity index (χ0n) is 21.4. The van der Waals surface area contributed by atoms with E-state index >= 15 is 0 Å². The molecule has 1 aliphatic heterocycles. The Morgan fingerprint density at radius 3 is 2.38 bits per heavy atom. The van der Waals surface area contributed by atoms with E-state index in [4.69, 9.17) is 4.74 Å². The molecular formula is C29H22F3N5O3. The van der Waals surface area contributed by atoms with Gasteiger partial charge in [-0.3, -0.25) is 4.90 Å². The van der Waals surface area contributed by atoms with Gasteiger partial charge >= 0.3 is 17.8 Å². The normalized spacial score (nSPS) is 15.0. The fourth-order valence-corrected chi connectivity index (χ4v) is 4.80. The first kappa shape index (κ1) is 26.5. The first-order valence-electron chi connectivity index (χ1n) is 12.1. The molecule has 8 nitrogen and oxygen atoms in total. The number of esters is 1. The minimum atomic E-state index is -4.62. The predicted molar refractivity (Wildman–Crippen MR) is 140 cm³/mol. The third-order valence-electron chi connectivity index (χ3n) is 6.68. The molecule has 1 aromatic heterocycles. The largest absolute Gasteiger partial charge is 0.466 e. The van der Waals surface area contributed by atoms with E-state index in [1.165, 1.54) is 33.4 Å². The van der Waals surface area contributed by atoms with Crippen molar-refractivity contribution in [3.05, 3.63) is 123 Å². The second-order valence-electron chi connectivity index (χ2n) is 9.11. The van der Waals surface area contributed by atoms with Gasteiger partial charge in [0.25, 0.3) is 0 Å². The lowest BCUT2D eigenvalue weighted by molar-refractivity contribution is -0.138. The zero-order valence-corrected chi connectivity index (χ0v) is 21.4. The number of anilines is 2. The van der Waals surface area contributed by atoms with Crippen LogP contribution in [0.2, 0.25) is 0 Å². The van der Waals surface area contributed by atoms with Crippen LogP contribution in [0, 0.1) is 11.3 Å². The second-order valence-corrected chi connectivity index (χ2v) is 9.11. The van der Waals surface area contributed by atoms with Crippen LogP contribution in [0.1, 0.15) is 35.2 Å². The summed E-state index contributed by atoms with van der Waals surface area (Å²) in [5.74, 6) is -0.739. The second kappa shape index (κ2) is 10.2. The Morgan fingerprint density at radius 1 is 1.05 bits per heavy atom. The van der Waals surface area contributed by atoms with Gasteiger partial charge in [0.05, 0.1) is 36.4 Å². The number of halogens is 3. The lowest BCUT2D eigenvalue weighted by atomic mass is 9.93. The smallest absolute Gasteiger partial charge is 0.416 e. The van der Waals surface area contributed by atoms with Crippen molar-refractivity contribution in [1.29, 1.82) is 5.26 Å². The van der Waals surface area contributed by atoms with Gasteiger partial charge in [-0.1, -0.05) is 48.5 Å². The lowest BCUT2D eigenvalue weighted by Crippen LogP contribution is -2.38. The number of nitriles is 1. The molecule has 1 atom stereocenters. The zero-order chi connectivity index (χ0) is 28.6. The average Bonchev–Trinajstić information content (AvgIpc) is 3.27. The van der Waals surface area contributed by atoms with E-state index in [0.29, 0.717) is 11.1 Å². The number of benzene rings is 3. The Labute approximate surface area is 226 Å². The Hall–Kier alpha value is -5.11. The van der Waals surface area contributed by atoms with Crippen molar-refractivity contribution in [2.75, 3.05) is 12.0 Å². The molecule has 0 bridgehead atoms. The van der Waals surface area contributed by atoms with Crippen LogP contribution in [0.25, 0.3) is 0 Å². The highest BCUT2D eigenvalue weighted by Crippen LogP contribution is 2.43. The van der Waals surface area contributed by atoms with Gasteiger partial charge in [-0.2, -0.15) is 18.4 Å². The van der Waals surface area contributed by atoms with Crippen LogP contribution in [-0.4, -0.2) is 27.4 Å². The Morgan fingerprint density at radius 2 is 1.75 bits per heavy atom. The highest BCUT2D eigenvalue weighted by molar-refractivity contribution is 5.93. The molecule has 0 fully saturated rings. The van der Waals surface area contributed by atoms with Crippen molar-refractivity contribution in [1.82, 2.24) is 14.3 Å². The molecule has 1 unspecified atom stereocenters. The number of aromatic nitrogens is 3. The minimum absolute atomic E-state index is 0.0276. The van der Waals surface area contributed by atoms with Crippen molar-refractivity contribution in [3.63, 3.8) is 0 Å². The van der Waals surface area contributed by atoms with Gasteiger partial charge < -0.3 is 4.74 Å². The van der Waals surface area contributed by atoms with Crippen LogP contribution >= 0.6 is 0 Å². The number of carbonyl (C=O) groups is 1. The Bertz CT molecular complexity index is 1710. The van der Waals surface area contributed by atoms with E-state index in [1.807, 2.05) is 36.4 Å². The number of alkyl halides is 3. The van der Waals surface area contributed by atoms with E-state index < -0.39 is 29.4 Å². The fraction of sp³-hybridized carbons (Fsp3) is 0.172. The molecule has 4 aromatic rings. The van der Waals surface area contributed by atoms with Crippen LogP contribution in [-0.2, 0) is 22.3 Å². The molecule has 0 aliphatic carbocycles. The van der Waals surface area contributed by atoms with Crippen molar-refractivity contribution < 1.29 is 22.7 Å². The number of methoxy groups -OCH3 is 1. The van der Waals surface area contributed by atoms with Gasteiger partial charge in [0, 0.05) is 11.4 Å². The van der Waals surface area contributed by atoms with Crippen LogP contribution in [0.5, 0.6) is 0 Å². The molecule has 0 radical (unpaired) electrons. The minimum Gasteiger partial charge on any atom is -0.466 e. The van der Waals surface area contributed by atoms with E-state index in [0.717, 1.165) is 17.7 Å². The summed E-state index contributed by atoms with van der Waals surface area (Å²) in [7, 11) is 1.18. The van der Waals surface area contributed by atoms with Gasteiger partial charge in [-0.15, -0.1) is 5.10 Å². The summed E-state index contributed by atoms with van der Waals surface area (Å²) in [5.41, 5.74) is 0.498. The third kappa shape index (κ3) is 4.64. The number of hydrogen-bond donors (Lipinski definition) is 0. The SMILES string of the molecule is COC(=O)C1=C(C)N(c2cccc(C(F)(F)F)c2)c2nn(Cc3ccccc3)c(=O)n2C1c1ccc(C#N)cc1. The van der Waals surface area contributed by atoms with Gasteiger partial charge in [0.1, 0.15) is 6.04 Å². The number of rotatable bonds is 5. The molecule has 5 rings (SSSR count). The standard InChI is InChI=1S/C29H22F3N5O3/c1-18-24(26(38)40-2)25(21-13-11-19(16-33)12-14-21)37-27(34-35(28(37)39)17-20-7-4-3-5-8-20)36(18)23-10-6-9-22(15-23)29(30,31)32/h3-15,25H,17H2,1-2H3. The summed E-state index contributed by atoms with van der Waals surface area (Å²) in [6.07, 6.45) is -4.62. The maximum absolute atomic E-state index is 13.9. The molecule has 11 heteroatoms. The van der Waals surface area contributed by atoms with Crippen molar-refractivity contribution in [2.45, 2.75) is 25.7 Å². The number of ether oxygens (including phenoxy) is 1. The predicted octanol–water partition coefficient (Wildman–Crippen LogP) is 5.17. The molecule has 2 heterocycles.